The summed E-state index contributed by atoms with van der Waals surface area (Å²) in [5, 5.41) is 5.29. The number of H-pyrrole nitrogens is 1. The molecule has 0 aliphatic heterocycles. The van der Waals surface area contributed by atoms with E-state index in [2.05, 4.69) is 102 Å². The van der Waals surface area contributed by atoms with E-state index in [1.54, 1.807) is 5.56 Å². The van der Waals surface area contributed by atoms with Crippen LogP contribution < -0.4 is 0 Å². The van der Waals surface area contributed by atoms with Crippen molar-refractivity contribution in [1.82, 2.24) is 4.98 Å². The van der Waals surface area contributed by atoms with Crippen LogP contribution in [-0.4, -0.2) is 4.98 Å². The van der Waals surface area contributed by atoms with E-state index in [-0.39, 0.29) is 0 Å². The number of aromatic nitrogens is 1. The second kappa shape index (κ2) is 7.81. The topological polar surface area (TPSA) is 15.8 Å². The molecule has 1 N–H and O–H groups in total. The Morgan fingerprint density at radius 3 is 2.11 bits per heavy atom. The first-order chi connectivity index (χ1) is 17.8. The Labute approximate surface area is 214 Å². The molecule has 0 amide bonds. The predicted molar refractivity (Wildman–Crippen MR) is 156 cm³/mol. The van der Waals surface area contributed by atoms with Crippen LogP contribution in [0.5, 0.6) is 0 Å². The minimum atomic E-state index is 1.19. The lowest BCUT2D eigenvalue weighted by molar-refractivity contribution is 0.686. The van der Waals surface area contributed by atoms with Crippen LogP contribution >= 0.6 is 11.3 Å². The molecule has 0 bridgehead atoms. The second-order valence-corrected chi connectivity index (χ2v) is 11.2. The van der Waals surface area contributed by atoms with Gasteiger partial charge in [-0.3, -0.25) is 0 Å². The maximum atomic E-state index is 3.65. The van der Waals surface area contributed by atoms with Gasteiger partial charge in [0.05, 0.1) is 0 Å². The van der Waals surface area contributed by atoms with Gasteiger partial charge in [0.25, 0.3) is 0 Å². The Kier molecular flexibility index (Phi) is 4.41. The van der Waals surface area contributed by atoms with Crippen molar-refractivity contribution in [2.24, 2.45) is 0 Å². The molecule has 2 heterocycles. The highest BCUT2D eigenvalue weighted by Gasteiger charge is 2.14. The quantitative estimate of drug-likeness (QED) is 0.254. The predicted octanol–water partition coefficient (Wildman–Crippen LogP) is 9.90. The zero-order valence-electron chi connectivity index (χ0n) is 20.0. The number of nitrogens with one attached hydrogen (secondary N) is 1. The first-order valence-corrected chi connectivity index (χ1v) is 13.7. The van der Waals surface area contributed by atoms with Crippen LogP contribution in [0, 0.1) is 0 Å². The van der Waals surface area contributed by atoms with E-state index >= 15 is 0 Å². The van der Waals surface area contributed by atoms with Gasteiger partial charge in [0.1, 0.15) is 0 Å². The van der Waals surface area contributed by atoms with Gasteiger partial charge in [0, 0.05) is 42.0 Å². The van der Waals surface area contributed by atoms with Crippen LogP contribution in [0.25, 0.3) is 64.2 Å². The van der Waals surface area contributed by atoms with Gasteiger partial charge in [-0.2, -0.15) is 0 Å². The standard InChI is InChI=1S/C34H25NS/c1-2-7-22-18-23(13-12-21(22)6-1)24-14-16-31-29(19-24)30-20-25(15-17-32(30)35-31)26-9-5-10-28-27-8-3-4-11-33(27)36-34(26)28/h3-5,8-20,35H,1-2,6-7H2. The van der Waals surface area contributed by atoms with Gasteiger partial charge in [-0.05, 0) is 89.4 Å². The smallest absolute Gasteiger partial charge is 0.0465 e. The summed E-state index contributed by atoms with van der Waals surface area (Å²) in [6, 6.07) is 36.3. The van der Waals surface area contributed by atoms with Crippen molar-refractivity contribution < 1.29 is 0 Å². The van der Waals surface area contributed by atoms with Crippen LogP contribution in [0.15, 0.2) is 97.1 Å². The maximum absolute atomic E-state index is 3.65. The van der Waals surface area contributed by atoms with Gasteiger partial charge < -0.3 is 4.98 Å². The molecule has 1 nitrogen and oxygen atoms in total. The Morgan fingerprint density at radius 1 is 0.528 bits per heavy atom. The van der Waals surface area contributed by atoms with E-state index in [0.29, 0.717) is 0 Å². The fraction of sp³-hybridized carbons (Fsp3) is 0.118. The maximum Gasteiger partial charge on any atom is 0.0465 e. The van der Waals surface area contributed by atoms with Crippen molar-refractivity contribution in [3.63, 3.8) is 0 Å². The highest BCUT2D eigenvalue weighted by Crippen LogP contribution is 2.41. The van der Waals surface area contributed by atoms with Crippen molar-refractivity contribution in [3.8, 4) is 22.3 Å². The molecule has 7 aromatic rings. The Bertz CT molecular complexity index is 1950. The number of benzene rings is 5. The number of hydrogen-bond acceptors (Lipinski definition) is 1. The van der Waals surface area contributed by atoms with Crippen molar-refractivity contribution in [2.45, 2.75) is 25.7 Å². The molecule has 1 aliphatic carbocycles. The molecule has 0 atom stereocenters. The molecular formula is C34H25NS. The van der Waals surface area contributed by atoms with Gasteiger partial charge in [0.15, 0.2) is 0 Å². The Morgan fingerprint density at radius 2 is 1.22 bits per heavy atom. The average molecular weight is 480 g/mol. The highest BCUT2D eigenvalue weighted by molar-refractivity contribution is 7.26. The monoisotopic (exact) mass is 479 g/mol. The normalized spacial score (nSPS) is 13.7. The number of hydrogen-bond donors (Lipinski definition) is 1. The lowest BCUT2D eigenvalue weighted by Crippen LogP contribution is -2.02. The molecule has 0 saturated heterocycles. The highest BCUT2D eigenvalue weighted by atomic mass is 32.1. The SMILES string of the molecule is c1ccc2c(c1)sc1c(-c3ccc4[nH]c5ccc(-c6ccc7c(c6)CCCC7)cc5c4c3)cccc12. The largest absolute Gasteiger partial charge is 0.355 e. The van der Waals surface area contributed by atoms with Gasteiger partial charge in [0.2, 0.25) is 0 Å². The molecule has 172 valence electrons. The van der Waals surface area contributed by atoms with Gasteiger partial charge >= 0.3 is 0 Å². The van der Waals surface area contributed by atoms with E-state index in [1.165, 1.54) is 95.5 Å². The lowest BCUT2D eigenvalue weighted by Gasteiger charge is -2.16. The number of aryl methyl sites for hydroxylation is 2. The summed E-state index contributed by atoms with van der Waals surface area (Å²) in [6.45, 7) is 0. The van der Waals surface area contributed by atoms with Crippen LogP contribution in [0.4, 0.5) is 0 Å². The van der Waals surface area contributed by atoms with E-state index in [9.17, 15) is 0 Å². The third kappa shape index (κ3) is 3.08. The number of rotatable bonds is 2. The molecule has 0 fully saturated rings. The van der Waals surface area contributed by atoms with Crippen LogP contribution in [0.1, 0.15) is 24.0 Å². The minimum absolute atomic E-state index is 1.19. The van der Waals surface area contributed by atoms with Gasteiger partial charge in [-0.25, -0.2) is 0 Å². The van der Waals surface area contributed by atoms with Crippen LogP contribution in [0.2, 0.25) is 0 Å². The van der Waals surface area contributed by atoms with Crippen molar-refractivity contribution in [1.29, 1.82) is 0 Å². The van der Waals surface area contributed by atoms with E-state index in [1.807, 2.05) is 11.3 Å². The average Bonchev–Trinajstić information content (AvgIpc) is 3.50. The first-order valence-electron chi connectivity index (χ1n) is 12.9. The molecule has 0 saturated carbocycles. The molecule has 0 unspecified atom stereocenters. The zero-order valence-corrected chi connectivity index (χ0v) is 20.8. The van der Waals surface area contributed by atoms with Crippen molar-refractivity contribution >= 4 is 53.3 Å². The van der Waals surface area contributed by atoms with Gasteiger partial charge in [-0.1, -0.05) is 66.7 Å². The summed E-state index contributed by atoms with van der Waals surface area (Å²) in [5.41, 5.74) is 10.7. The second-order valence-electron chi connectivity index (χ2n) is 10.1. The molecule has 2 heteroatoms. The summed E-state index contributed by atoms with van der Waals surface area (Å²) < 4.78 is 2.72. The van der Waals surface area contributed by atoms with E-state index in [0.717, 1.165) is 0 Å². The third-order valence-corrected chi connectivity index (χ3v) is 9.22. The molecule has 8 rings (SSSR count). The van der Waals surface area contributed by atoms with Crippen LogP contribution in [-0.2, 0) is 12.8 Å². The number of aromatic amines is 1. The lowest BCUT2D eigenvalue weighted by atomic mass is 9.89. The summed E-state index contributed by atoms with van der Waals surface area (Å²) in [7, 11) is 0. The van der Waals surface area contributed by atoms with Crippen molar-refractivity contribution in [2.75, 3.05) is 0 Å². The molecule has 5 aromatic carbocycles. The minimum Gasteiger partial charge on any atom is -0.355 e. The zero-order chi connectivity index (χ0) is 23.6. The van der Waals surface area contributed by atoms with E-state index in [4.69, 9.17) is 0 Å². The molecule has 1 aliphatic rings. The summed E-state index contributed by atoms with van der Waals surface area (Å²) in [5.74, 6) is 0. The number of thiophene rings is 1. The summed E-state index contributed by atoms with van der Waals surface area (Å²) in [4.78, 5) is 3.65. The fourth-order valence-corrected chi connectivity index (χ4v) is 7.37. The Hall–Kier alpha value is -3.88. The molecule has 0 radical (unpaired) electrons. The number of fused-ring (bicyclic) bond motifs is 7. The molecule has 36 heavy (non-hydrogen) atoms. The van der Waals surface area contributed by atoms with Crippen molar-refractivity contribution in [3.05, 3.63) is 108 Å². The fourth-order valence-electron chi connectivity index (χ4n) is 6.13. The summed E-state index contributed by atoms with van der Waals surface area (Å²) in [6.07, 6.45) is 5.08. The Balaban J connectivity index is 1.30. The molecular weight excluding hydrogens is 454 g/mol. The van der Waals surface area contributed by atoms with Gasteiger partial charge in [-0.15, -0.1) is 11.3 Å². The molecule has 0 spiro atoms. The van der Waals surface area contributed by atoms with Crippen LogP contribution in [0.3, 0.4) is 0 Å². The summed E-state index contributed by atoms with van der Waals surface area (Å²) >= 11 is 1.90. The van der Waals surface area contributed by atoms with E-state index < -0.39 is 0 Å². The molecule has 2 aromatic heterocycles. The first kappa shape index (κ1) is 20.3. The third-order valence-electron chi connectivity index (χ3n) is 8.00.